The zero-order valence-corrected chi connectivity index (χ0v) is 13.8. The topological polar surface area (TPSA) is 55.4 Å². The molecule has 0 amide bonds. The van der Waals surface area contributed by atoms with Gasteiger partial charge in [-0.15, -0.1) is 0 Å². The number of hydrogen-bond donors (Lipinski definition) is 1. The Morgan fingerprint density at radius 1 is 1.00 bits per heavy atom. The molecule has 0 aliphatic rings. The zero-order chi connectivity index (χ0) is 15.6. The molecule has 0 saturated carbocycles. The number of hydrogen-bond acceptors (Lipinski definition) is 3. The predicted octanol–water partition coefficient (Wildman–Crippen LogP) is 4.46. The Hall–Kier alpha value is -1.14. The minimum atomic E-state index is -3.81. The summed E-state index contributed by atoms with van der Waals surface area (Å²) in [6, 6.07) is 8.72. The third-order valence-electron chi connectivity index (χ3n) is 2.61. The first-order valence-corrected chi connectivity index (χ1v) is 8.26. The SMILES string of the molecule is COc1ccc(S(=O)(=O)Nc2c(Cl)cc(Cl)cc2Cl)cc1. The molecular formula is C13H10Cl3NO3S. The van der Waals surface area contributed by atoms with Gasteiger partial charge in [0.15, 0.2) is 0 Å². The highest BCUT2D eigenvalue weighted by Crippen LogP contribution is 2.35. The lowest BCUT2D eigenvalue weighted by Gasteiger charge is -2.12. The zero-order valence-electron chi connectivity index (χ0n) is 10.7. The molecule has 0 bridgehead atoms. The first kappa shape index (κ1) is 16.2. The Bertz CT molecular complexity index is 738. The number of methoxy groups -OCH3 is 1. The molecule has 21 heavy (non-hydrogen) atoms. The monoisotopic (exact) mass is 365 g/mol. The number of rotatable bonds is 4. The molecule has 0 fully saturated rings. The minimum Gasteiger partial charge on any atom is -0.497 e. The molecule has 0 aliphatic heterocycles. The van der Waals surface area contributed by atoms with Crippen LogP contribution in [0.15, 0.2) is 41.3 Å². The Kier molecular flexibility index (Phi) is 4.88. The summed E-state index contributed by atoms with van der Waals surface area (Å²) in [7, 11) is -2.32. The molecule has 1 N–H and O–H groups in total. The molecule has 0 aromatic heterocycles. The van der Waals surface area contributed by atoms with Crippen LogP contribution in [0.3, 0.4) is 0 Å². The van der Waals surface area contributed by atoms with Crippen LogP contribution in [-0.2, 0) is 10.0 Å². The molecule has 0 unspecified atom stereocenters. The van der Waals surface area contributed by atoms with Crippen molar-refractivity contribution >= 4 is 50.5 Å². The molecule has 2 rings (SSSR count). The summed E-state index contributed by atoms with van der Waals surface area (Å²) in [5, 5.41) is 0.548. The molecule has 8 heteroatoms. The summed E-state index contributed by atoms with van der Waals surface area (Å²) >= 11 is 17.7. The number of anilines is 1. The quantitative estimate of drug-likeness (QED) is 0.869. The van der Waals surface area contributed by atoms with Crippen LogP contribution in [0.2, 0.25) is 15.1 Å². The minimum absolute atomic E-state index is 0.0605. The largest absolute Gasteiger partial charge is 0.497 e. The molecular weight excluding hydrogens is 357 g/mol. The van der Waals surface area contributed by atoms with E-state index in [0.29, 0.717) is 10.8 Å². The van der Waals surface area contributed by atoms with Gasteiger partial charge in [-0.1, -0.05) is 34.8 Å². The van der Waals surface area contributed by atoms with Gasteiger partial charge < -0.3 is 4.74 Å². The van der Waals surface area contributed by atoms with Gasteiger partial charge >= 0.3 is 0 Å². The van der Waals surface area contributed by atoms with Crippen molar-refractivity contribution in [2.75, 3.05) is 11.8 Å². The van der Waals surface area contributed by atoms with Crippen molar-refractivity contribution < 1.29 is 13.2 Å². The second-order valence-electron chi connectivity index (χ2n) is 4.03. The Labute approximate surface area is 137 Å². The van der Waals surface area contributed by atoms with Gasteiger partial charge in [-0.25, -0.2) is 8.42 Å². The normalized spacial score (nSPS) is 11.2. The highest BCUT2D eigenvalue weighted by atomic mass is 35.5. The predicted molar refractivity (Wildman–Crippen MR) is 85.3 cm³/mol. The third kappa shape index (κ3) is 3.74. The van der Waals surface area contributed by atoms with Gasteiger partial charge in [0.1, 0.15) is 5.75 Å². The first-order valence-electron chi connectivity index (χ1n) is 5.65. The average molecular weight is 367 g/mol. The molecule has 0 spiro atoms. The van der Waals surface area contributed by atoms with Crippen molar-refractivity contribution in [3.05, 3.63) is 51.5 Å². The van der Waals surface area contributed by atoms with E-state index in [1.54, 1.807) is 12.1 Å². The van der Waals surface area contributed by atoms with Crippen molar-refractivity contribution in [3.63, 3.8) is 0 Å². The van der Waals surface area contributed by atoms with Crippen LogP contribution >= 0.6 is 34.8 Å². The van der Waals surface area contributed by atoms with Gasteiger partial charge in [0.25, 0.3) is 10.0 Å². The van der Waals surface area contributed by atoms with Crippen LogP contribution in [0.25, 0.3) is 0 Å². The number of benzene rings is 2. The second kappa shape index (κ2) is 6.32. The van der Waals surface area contributed by atoms with Gasteiger partial charge in [0.2, 0.25) is 0 Å². The van der Waals surface area contributed by atoms with Crippen LogP contribution in [0.5, 0.6) is 5.75 Å². The Balaban J connectivity index is 2.37. The van der Waals surface area contributed by atoms with E-state index in [0.717, 1.165) is 0 Å². The first-order chi connectivity index (χ1) is 9.83. The highest BCUT2D eigenvalue weighted by Gasteiger charge is 2.18. The van der Waals surface area contributed by atoms with E-state index in [4.69, 9.17) is 39.5 Å². The number of sulfonamides is 1. The lowest BCUT2D eigenvalue weighted by molar-refractivity contribution is 0.414. The average Bonchev–Trinajstić information content (AvgIpc) is 2.43. The summed E-state index contributed by atoms with van der Waals surface area (Å²) < 4.78 is 31.9. The highest BCUT2D eigenvalue weighted by molar-refractivity contribution is 7.92. The van der Waals surface area contributed by atoms with Crippen LogP contribution in [0, 0.1) is 0 Å². The fourth-order valence-electron chi connectivity index (χ4n) is 1.59. The van der Waals surface area contributed by atoms with E-state index < -0.39 is 10.0 Å². The van der Waals surface area contributed by atoms with Crippen molar-refractivity contribution in [1.82, 2.24) is 0 Å². The standard InChI is InChI=1S/C13H10Cl3NO3S/c1-20-9-2-4-10(5-3-9)21(18,19)17-13-11(15)6-8(14)7-12(13)16/h2-7,17H,1H3. The van der Waals surface area contributed by atoms with Crippen molar-refractivity contribution in [1.29, 1.82) is 0 Å². The van der Waals surface area contributed by atoms with Crippen LogP contribution < -0.4 is 9.46 Å². The maximum atomic E-state index is 12.3. The molecule has 0 aliphatic carbocycles. The maximum Gasteiger partial charge on any atom is 0.261 e. The summed E-state index contributed by atoms with van der Waals surface area (Å²) in [6.07, 6.45) is 0. The Morgan fingerprint density at radius 2 is 1.52 bits per heavy atom. The summed E-state index contributed by atoms with van der Waals surface area (Å²) in [4.78, 5) is 0.0605. The van der Waals surface area contributed by atoms with Gasteiger partial charge in [-0.3, -0.25) is 4.72 Å². The van der Waals surface area contributed by atoms with E-state index >= 15 is 0 Å². The lowest BCUT2D eigenvalue weighted by Crippen LogP contribution is -2.13. The molecule has 0 heterocycles. The maximum absolute atomic E-state index is 12.3. The molecule has 112 valence electrons. The van der Waals surface area contributed by atoms with Crippen LogP contribution in [0.1, 0.15) is 0 Å². The van der Waals surface area contributed by atoms with E-state index in [2.05, 4.69) is 4.72 Å². The number of ether oxygens (including phenoxy) is 1. The van der Waals surface area contributed by atoms with Crippen molar-refractivity contribution in [3.8, 4) is 5.75 Å². The number of nitrogens with one attached hydrogen (secondary N) is 1. The van der Waals surface area contributed by atoms with Crippen LogP contribution in [0.4, 0.5) is 5.69 Å². The van der Waals surface area contributed by atoms with Crippen molar-refractivity contribution in [2.24, 2.45) is 0 Å². The van der Waals surface area contributed by atoms with Gasteiger partial charge in [0.05, 0.1) is 27.7 Å². The molecule has 0 saturated heterocycles. The molecule has 2 aromatic rings. The molecule has 0 radical (unpaired) electrons. The molecule has 2 aromatic carbocycles. The van der Waals surface area contributed by atoms with Gasteiger partial charge in [0, 0.05) is 5.02 Å². The third-order valence-corrected chi connectivity index (χ3v) is 4.79. The fourth-order valence-corrected chi connectivity index (χ4v) is 3.71. The summed E-state index contributed by atoms with van der Waals surface area (Å²) in [5.41, 5.74) is 0.0820. The fraction of sp³-hybridized carbons (Fsp3) is 0.0769. The molecule has 4 nitrogen and oxygen atoms in total. The van der Waals surface area contributed by atoms with E-state index in [-0.39, 0.29) is 20.6 Å². The van der Waals surface area contributed by atoms with Gasteiger partial charge in [-0.05, 0) is 36.4 Å². The van der Waals surface area contributed by atoms with E-state index in [9.17, 15) is 8.42 Å². The Morgan fingerprint density at radius 3 is 2.00 bits per heavy atom. The van der Waals surface area contributed by atoms with Crippen LogP contribution in [-0.4, -0.2) is 15.5 Å². The second-order valence-corrected chi connectivity index (χ2v) is 6.96. The van der Waals surface area contributed by atoms with E-state index in [1.807, 2.05) is 0 Å². The van der Waals surface area contributed by atoms with E-state index in [1.165, 1.54) is 31.4 Å². The lowest BCUT2D eigenvalue weighted by atomic mass is 10.3. The summed E-state index contributed by atoms with van der Waals surface area (Å²) in [6.45, 7) is 0. The smallest absolute Gasteiger partial charge is 0.261 e. The molecule has 0 atom stereocenters. The summed E-state index contributed by atoms with van der Waals surface area (Å²) in [5.74, 6) is 0.552. The van der Waals surface area contributed by atoms with Crippen molar-refractivity contribution in [2.45, 2.75) is 4.90 Å². The van der Waals surface area contributed by atoms with Gasteiger partial charge in [-0.2, -0.15) is 0 Å². The number of halogens is 3.